The number of nitrogens with zero attached hydrogens (tertiary/aromatic N) is 3. The van der Waals surface area contributed by atoms with E-state index in [1.54, 1.807) is 0 Å². The molecule has 1 aromatic carbocycles. The second-order valence-corrected chi connectivity index (χ2v) is 9.85. The van der Waals surface area contributed by atoms with Crippen LogP contribution in [0.5, 0.6) is 5.75 Å². The average Bonchev–Trinajstić information content (AvgIpc) is 3.31. The van der Waals surface area contributed by atoms with E-state index >= 15 is 4.39 Å². The van der Waals surface area contributed by atoms with Crippen LogP contribution in [0.3, 0.4) is 0 Å². The van der Waals surface area contributed by atoms with E-state index in [2.05, 4.69) is 41.0 Å². The minimum Gasteiger partial charge on any atom is -0.493 e. The number of aromatic nitrogens is 3. The third-order valence-electron chi connectivity index (χ3n) is 7.16. The van der Waals surface area contributed by atoms with E-state index in [1.165, 1.54) is 0 Å². The van der Waals surface area contributed by atoms with Crippen molar-refractivity contribution in [2.45, 2.75) is 89.0 Å². The Balaban J connectivity index is 1.72. The quantitative estimate of drug-likeness (QED) is 0.165. The van der Waals surface area contributed by atoms with Crippen LogP contribution in [0.2, 0.25) is 0 Å². The summed E-state index contributed by atoms with van der Waals surface area (Å²) in [4.78, 5) is 12.8. The van der Waals surface area contributed by atoms with Crippen LogP contribution < -0.4 is 26.0 Å². The number of halogens is 6. The molecule has 4 N–H and O–H groups in total. The number of methoxy groups -OCH3 is 1. The van der Waals surface area contributed by atoms with Crippen molar-refractivity contribution in [3.8, 4) is 5.75 Å². The van der Waals surface area contributed by atoms with E-state index in [0.29, 0.717) is 13.5 Å². The van der Waals surface area contributed by atoms with Crippen LogP contribution >= 0.6 is 0 Å². The van der Waals surface area contributed by atoms with Gasteiger partial charge < -0.3 is 26.0 Å². The predicted octanol–water partition coefficient (Wildman–Crippen LogP) is 6.14. The van der Waals surface area contributed by atoms with Gasteiger partial charge in [-0.05, 0) is 38.6 Å². The summed E-state index contributed by atoms with van der Waals surface area (Å²) >= 11 is 0. The van der Waals surface area contributed by atoms with E-state index < -0.39 is 46.6 Å². The van der Waals surface area contributed by atoms with Crippen molar-refractivity contribution >= 4 is 23.5 Å². The van der Waals surface area contributed by atoms with Crippen LogP contribution in [0.1, 0.15) is 70.3 Å². The molecule has 0 spiro atoms. The summed E-state index contributed by atoms with van der Waals surface area (Å²) in [5.74, 6) is -7.84. The first-order valence-corrected chi connectivity index (χ1v) is 13.2. The Labute approximate surface area is 222 Å². The average molecular weight is 562 g/mol. The van der Waals surface area contributed by atoms with Crippen LogP contribution in [0, 0.1) is 17.5 Å². The number of benzene rings is 1. The summed E-state index contributed by atoms with van der Waals surface area (Å²) in [5, 5.41) is 12.0. The highest BCUT2D eigenvalue weighted by atomic mass is 19.4. The number of nitrogens with one attached hydrogen (secondary N) is 4. The molecule has 39 heavy (non-hydrogen) atoms. The summed E-state index contributed by atoms with van der Waals surface area (Å²) in [6.07, 6.45) is 3.22. The second-order valence-electron chi connectivity index (χ2n) is 9.85. The van der Waals surface area contributed by atoms with E-state index in [0.717, 1.165) is 57.9 Å². The smallest absolute Gasteiger partial charge is 0.423 e. The fourth-order valence-corrected chi connectivity index (χ4v) is 5.18. The van der Waals surface area contributed by atoms with Crippen LogP contribution in [0.15, 0.2) is 0 Å². The molecule has 1 aliphatic heterocycles. The number of rotatable bonds is 9. The molecule has 2 unspecified atom stereocenters. The molecule has 4 rings (SSSR count). The van der Waals surface area contributed by atoms with E-state index in [1.807, 2.05) is 6.92 Å². The van der Waals surface area contributed by atoms with Gasteiger partial charge in [-0.3, -0.25) is 0 Å². The Morgan fingerprint density at radius 2 is 1.56 bits per heavy atom. The molecule has 2 atom stereocenters. The minimum absolute atomic E-state index is 0.0396. The Kier molecular flexibility index (Phi) is 9.23. The molecule has 2 heterocycles. The van der Waals surface area contributed by atoms with Gasteiger partial charge in [0.15, 0.2) is 17.4 Å². The molecule has 1 aromatic heterocycles. The van der Waals surface area contributed by atoms with Gasteiger partial charge in [0.05, 0.1) is 7.11 Å². The molecule has 0 amide bonds. The Bertz CT molecular complexity index is 1140. The highest BCUT2D eigenvalue weighted by Crippen LogP contribution is 2.44. The third-order valence-corrected chi connectivity index (χ3v) is 7.16. The highest BCUT2D eigenvalue weighted by molar-refractivity contribution is 5.62. The summed E-state index contributed by atoms with van der Waals surface area (Å²) in [7, 11) is 0.693. The standard InChI is InChI=1S/C25H33F6N7O/c1-3-14(15-11-8-12-32-15)34-23-36-22(33-13-9-6-4-5-7-10-13)37-24(38-23)35-20-17(26)16(25(29,30)31)21(39-2)19(28)18(20)27/h13-15,32H,3-12H2,1-2H3,(H3,33,34,35,36,37,38). The summed E-state index contributed by atoms with van der Waals surface area (Å²) < 4.78 is 89.5. The van der Waals surface area contributed by atoms with Crippen LogP contribution in [-0.4, -0.2) is 46.7 Å². The van der Waals surface area contributed by atoms with Gasteiger partial charge in [-0.25, -0.2) is 8.78 Å². The summed E-state index contributed by atoms with van der Waals surface area (Å²) in [6, 6.07) is 0.0939. The molecule has 1 aliphatic carbocycles. The fourth-order valence-electron chi connectivity index (χ4n) is 5.18. The lowest BCUT2D eigenvalue weighted by atomic mass is 10.0. The number of anilines is 4. The monoisotopic (exact) mass is 561 g/mol. The number of alkyl halides is 3. The lowest BCUT2D eigenvalue weighted by Gasteiger charge is -2.24. The van der Waals surface area contributed by atoms with Gasteiger partial charge in [0.2, 0.25) is 23.7 Å². The zero-order valence-electron chi connectivity index (χ0n) is 21.8. The molecule has 2 aliphatic rings. The van der Waals surface area contributed by atoms with Gasteiger partial charge in [0, 0.05) is 18.1 Å². The molecule has 1 saturated carbocycles. The molecule has 216 valence electrons. The molecular formula is C25H33F6N7O. The van der Waals surface area contributed by atoms with E-state index in [4.69, 9.17) is 0 Å². The number of hydrogen-bond acceptors (Lipinski definition) is 8. The maximum Gasteiger partial charge on any atom is 0.423 e. The normalized spacial score (nSPS) is 19.4. The summed E-state index contributed by atoms with van der Waals surface area (Å²) in [6.45, 7) is 2.84. The topological polar surface area (TPSA) is 96.0 Å². The maximum atomic E-state index is 15.1. The molecular weight excluding hydrogens is 528 g/mol. The number of ether oxygens (including phenoxy) is 1. The zero-order chi connectivity index (χ0) is 28.2. The Hall–Kier alpha value is -3.03. The lowest BCUT2D eigenvalue weighted by Crippen LogP contribution is -2.40. The van der Waals surface area contributed by atoms with Crippen LogP contribution in [-0.2, 0) is 6.18 Å². The molecule has 8 nitrogen and oxygen atoms in total. The SMILES string of the molecule is CCC(Nc1nc(Nc2c(F)c(F)c(OC)c(C(F)(F)F)c2F)nc(NC2CCCCCC2)n1)C1CCCN1. The largest absolute Gasteiger partial charge is 0.493 e. The van der Waals surface area contributed by atoms with Crippen molar-refractivity contribution in [2.75, 3.05) is 29.6 Å². The van der Waals surface area contributed by atoms with Gasteiger partial charge >= 0.3 is 6.18 Å². The van der Waals surface area contributed by atoms with Crippen molar-refractivity contribution in [1.82, 2.24) is 20.3 Å². The summed E-state index contributed by atoms with van der Waals surface area (Å²) in [5.41, 5.74) is -3.46. The lowest BCUT2D eigenvalue weighted by molar-refractivity contribution is -0.141. The van der Waals surface area contributed by atoms with Crippen molar-refractivity contribution < 1.29 is 31.1 Å². The van der Waals surface area contributed by atoms with Crippen molar-refractivity contribution in [1.29, 1.82) is 0 Å². The minimum atomic E-state index is -5.36. The molecule has 0 bridgehead atoms. The van der Waals surface area contributed by atoms with Gasteiger partial charge in [0.25, 0.3) is 0 Å². The van der Waals surface area contributed by atoms with Crippen molar-refractivity contribution in [3.63, 3.8) is 0 Å². The Morgan fingerprint density at radius 3 is 2.15 bits per heavy atom. The van der Waals surface area contributed by atoms with Crippen LogP contribution in [0.25, 0.3) is 0 Å². The maximum absolute atomic E-state index is 15.1. The van der Waals surface area contributed by atoms with Gasteiger partial charge in [-0.15, -0.1) is 0 Å². The van der Waals surface area contributed by atoms with Gasteiger partial charge in [0.1, 0.15) is 11.3 Å². The molecule has 1 saturated heterocycles. The first-order chi connectivity index (χ1) is 18.6. The Morgan fingerprint density at radius 1 is 0.897 bits per heavy atom. The fraction of sp³-hybridized carbons (Fsp3) is 0.640. The highest BCUT2D eigenvalue weighted by Gasteiger charge is 2.43. The second kappa shape index (κ2) is 12.4. The molecule has 2 fully saturated rings. The van der Waals surface area contributed by atoms with E-state index in [9.17, 15) is 22.0 Å². The zero-order valence-corrected chi connectivity index (χ0v) is 21.8. The van der Waals surface area contributed by atoms with Crippen LogP contribution in [0.4, 0.5) is 49.9 Å². The van der Waals surface area contributed by atoms with Gasteiger partial charge in [-0.1, -0.05) is 32.6 Å². The molecule has 2 aromatic rings. The van der Waals surface area contributed by atoms with Crippen molar-refractivity contribution in [2.24, 2.45) is 0 Å². The molecule has 0 radical (unpaired) electrons. The number of hydrogen-bond donors (Lipinski definition) is 4. The van der Waals surface area contributed by atoms with Crippen molar-refractivity contribution in [3.05, 3.63) is 23.0 Å². The first kappa shape index (κ1) is 29.0. The van der Waals surface area contributed by atoms with E-state index in [-0.39, 0.29) is 30.0 Å². The molecule has 14 heteroatoms. The predicted molar refractivity (Wildman–Crippen MR) is 135 cm³/mol. The van der Waals surface area contributed by atoms with Gasteiger partial charge in [-0.2, -0.15) is 32.5 Å². The first-order valence-electron chi connectivity index (χ1n) is 13.2. The third kappa shape index (κ3) is 6.76.